The van der Waals surface area contributed by atoms with E-state index < -0.39 is 0 Å². The van der Waals surface area contributed by atoms with E-state index in [0.717, 1.165) is 41.0 Å². The number of piperazine rings is 1. The Morgan fingerprint density at radius 3 is 2.45 bits per heavy atom. The number of nitrogens with zero attached hydrogens (tertiary/aromatic N) is 3. The number of aliphatic hydroxyl groups excluding tert-OH is 1. The molecule has 2 aromatic carbocycles. The SMILES string of the molecule is CC(=O)N1CCN(C(=O)c2cccc(CSc3cnc(NC(=O)c4ccc(CNC5CCCCC5O)cc4)s3)c2)CC1. The van der Waals surface area contributed by atoms with Gasteiger partial charge in [0.2, 0.25) is 5.91 Å². The summed E-state index contributed by atoms with van der Waals surface area (Å²) in [6, 6.07) is 15.3. The van der Waals surface area contributed by atoms with Crippen LogP contribution in [-0.4, -0.2) is 75.9 Å². The van der Waals surface area contributed by atoms with Crippen LogP contribution in [0.2, 0.25) is 0 Å². The van der Waals surface area contributed by atoms with E-state index in [-0.39, 0.29) is 29.9 Å². The standard InChI is InChI=1S/C31H37N5O4S2/c1-21(37)35-13-15-36(16-14-35)30(40)25-6-4-5-23(17-25)20-41-28-19-33-31(42-28)34-29(39)24-11-9-22(10-12-24)18-32-26-7-2-3-8-27(26)38/h4-6,9-12,17,19,26-27,32,38H,2-3,7-8,13-16,18,20H2,1H3,(H,33,34,39). The van der Waals surface area contributed by atoms with Gasteiger partial charge in [0.05, 0.1) is 16.5 Å². The molecule has 9 nitrogen and oxygen atoms in total. The fourth-order valence-electron chi connectivity index (χ4n) is 5.28. The van der Waals surface area contributed by atoms with E-state index in [4.69, 9.17) is 0 Å². The molecule has 0 radical (unpaired) electrons. The Balaban J connectivity index is 1.09. The zero-order valence-electron chi connectivity index (χ0n) is 23.8. The highest BCUT2D eigenvalue weighted by molar-refractivity contribution is 8.00. The fourth-order valence-corrected chi connectivity index (χ4v) is 7.09. The van der Waals surface area contributed by atoms with Gasteiger partial charge in [-0.3, -0.25) is 19.7 Å². The van der Waals surface area contributed by atoms with E-state index in [1.54, 1.807) is 34.7 Å². The monoisotopic (exact) mass is 607 g/mol. The Morgan fingerprint density at radius 1 is 0.976 bits per heavy atom. The van der Waals surface area contributed by atoms with Crippen LogP contribution in [0.1, 0.15) is 64.4 Å². The van der Waals surface area contributed by atoms with Gasteiger partial charge in [-0.15, -0.1) is 11.8 Å². The molecule has 1 aliphatic heterocycles. The van der Waals surface area contributed by atoms with E-state index in [1.165, 1.54) is 11.3 Å². The largest absolute Gasteiger partial charge is 0.392 e. The number of thioether (sulfide) groups is 1. The summed E-state index contributed by atoms with van der Waals surface area (Å²) in [4.78, 5) is 45.3. The van der Waals surface area contributed by atoms with E-state index in [9.17, 15) is 19.5 Å². The number of thiazole rings is 1. The molecule has 2 unspecified atom stereocenters. The minimum Gasteiger partial charge on any atom is -0.392 e. The number of amides is 3. The van der Waals surface area contributed by atoms with Crippen LogP contribution in [0.3, 0.4) is 0 Å². The topological polar surface area (TPSA) is 115 Å². The molecule has 0 bridgehead atoms. The third-order valence-electron chi connectivity index (χ3n) is 7.79. The molecule has 11 heteroatoms. The average Bonchev–Trinajstić information content (AvgIpc) is 3.46. The summed E-state index contributed by atoms with van der Waals surface area (Å²) in [7, 11) is 0. The Labute approximate surface area is 254 Å². The van der Waals surface area contributed by atoms with Crippen molar-refractivity contribution in [3.63, 3.8) is 0 Å². The van der Waals surface area contributed by atoms with Gasteiger partial charge in [0, 0.05) is 62.6 Å². The lowest BCUT2D eigenvalue weighted by atomic mass is 9.92. The predicted molar refractivity (Wildman–Crippen MR) is 166 cm³/mol. The molecule has 3 amide bonds. The molecule has 5 rings (SSSR count). The molecule has 222 valence electrons. The zero-order chi connectivity index (χ0) is 29.5. The maximum atomic E-state index is 13.0. The molecule has 2 aliphatic rings. The van der Waals surface area contributed by atoms with Gasteiger partial charge in [-0.1, -0.05) is 48.4 Å². The lowest BCUT2D eigenvalue weighted by Crippen LogP contribution is -2.50. The highest BCUT2D eigenvalue weighted by Gasteiger charge is 2.24. The minimum atomic E-state index is -0.286. The van der Waals surface area contributed by atoms with E-state index in [1.807, 2.05) is 48.5 Å². The number of rotatable bonds is 9. The highest BCUT2D eigenvalue weighted by Crippen LogP contribution is 2.31. The smallest absolute Gasteiger partial charge is 0.257 e. The van der Waals surface area contributed by atoms with Crippen molar-refractivity contribution in [2.75, 3.05) is 31.5 Å². The first-order valence-electron chi connectivity index (χ1n) is 14.4. The Morgan fingerprint density at radius 2 is 1.71 bits per heavy atom. The molecule has 1 saturated carbocycles. The maximum Gasteiger partial charge on any atom is 0.257 e. The number of hydrogen-bond donors (Lipinski definition) is 3. The van der Waals surface area contributed by atoms with Gasteiger partial charge in [0.1, 0.15) is 0 Å². The van der Waals surface area contributed by atoms with Crippen molar-refractivity contribution in [2.24, 2.45) is 0 Å². The van der Waals surface area contributed by atoms with Crippen LogP contribution in [0.4, 0.5) is 5.13 Å². The highest BCUT2D eigenvalue weighted by atomic mass is 32.2. The number of anilines is 1. The summed E-state index contributed by atoms with van der Waals surface area (Å²) < 4.78 is 0.966. The van der Waals surface area contributed by atoms with Gasteiger partial charge < -0.3 is 20.2 Å². The van der Waals surface area contributed by atoms with Crippen LogP contribution >= 0.6 is 23.1 Å². The Bertz CT molecular complexity index is 1390. The molecular weight excluding hydrogens is 571 g/mol. The van der Waals surface area contributed by atoms with Crippen molar-refractivity contribution in [2.45, 2.75) is 61.3 Å². The normalized spacial score (nSPS) is 19.0. The maximum absolute atomic E-state index is 13.0. The fraction of sp³-hybridized carbons (Fsp3) is 0.419. The number of nitrogens with one attached hydrogen (secondary N) is 2. The Kier molecular flexibility index (Phi) is 10.3. The second kappa shape index (κ2) is 14.3. The van der Waals surface area contributed by atoms with Gasteiger partial charge in [-0.05, 0) is 48.2 Å². The van der Waals surface area contributed by atoms with Gasteiger partial charge in [-0.2, -0.15) is 0 Å². The predicted octanol–water partition coefficient (Wildman–Crippen LogP) is 4.39. The summed E-state index contributed by atoms with van der Waals surface area (Å²) in [6.07, 6.45) is 5.53. The van der Waals surface area contributed by atoms with Crippen molar-refractivity contribution < 1.29 is 19.5 Å². The lowest BCUT2D eigenvalue weighted by molar-refractivity contribution is -0.130. The van der Waals surface area contributed by atoms with Gasteiger partial charge in [0.15, 0.2) is 5.13 Å². The van der Waals surface area contributed by atoms with Crippen LogP contribution in [0.25, 0.3) is 0 Å². The van der Waals surface area contributed by atoms with Crippen LogP contribution in [0, 0.1) is 0 Å². The van der Waals surface area contributed by atoms with Crippen LogP contribution in [0.5, 0.6) is 0 Å². The van der Waals surface area contributed by atoms with Crippen LogP contribution in [-0.2, 0) is 17.1 Å². The molecule has 1 saturated heterocycles. The molecule has 0 spiro atoms. The van der Waals surface area contributed by atoms with Gasteiger partial charge >= 0.3 is 0 Å². The number of carbonyl (C=O) groups excluding carboxylic acids is 3. The molecular formula is C31H37N5O4S2. The third kappa shape index (κ3) is 7.97. The summed E-state index contributed by atoms with van der Waals surface area (Å²) in [5.41, 5.74) is 3.30. The van der Waals surface area contributed by atoms with Crippen LogP contribution < -0.4 is 10.6 Å². The summed E-state index contributed by atoms with van der Waals surface area (Å²) in [5.74, 6) is 0.488. The first kappa shape index (κ1) is 30.2. The summed E-state index contributed by atoms with van der Waals surface area (Å²) in [5, 5.41) is 17.0. The van der Waals surface area contributed by atoms with Crippen LogP contribution in [0.15, 0.2) is 58.9 Å². The first-order chi connectivity index (χ1) is 20.4. The molecule has 3 N–H and O–H groups in total. The number of benzene rings is 2. The third-order valence-corrected chi connectivity index (χ3v) is 9.96. The minimum absolute atomic E-state index is 0.0137. The first-order valence-corrected chi connectivity index (χ1v) is 16.2. The summed E-state index contributed by atoms with van der Waals surface area (Å²) in [6.45, 7) is 4.43. The Hall–Kier alpha value is -3.25. The molecule has 1 aliphatic carbocycles. The van der Waals surface area contributed by atoms with Crippen molar-refractivity contribution in [1.82, 2.24) is 20.1 Å². The molecule has 2 fully saturated rings. The van der Waals surface area contributed by atoms with E-state index >= 15 is 0 Å². The molecule has 3 aromatic rings. The van der Waals surface area contributed by atoms with Crippen molar-refractivity contribution >= 4 is 46.0 Å². The second-order valence-electron chi connectivity index (χ2n) is 10.8. The van der Waals surface area contributed by atoms with Gasteiger partial charge in [0.25, 0.3) is 11.8 Å². The zero-order valence-corrected chi connectivity index (χ0v) is 25.4. The summed E-state index contributed by atoms with van der Waals surface area (Å²) >= 11 is 3.02. The van der Waals surface area contributed by atoms with E-state index in [2.05, 4.69) is 15.6 Å². The number of carbonyl (C=O) groups is 3. The average molecular weight is 608 g/mol. The second-order valence-corrected chi connectivity index (χ2v) is 13.1. The molecule has 42 heavy (non-hydrogen) atoms. The van der Waals surface area contributed by atoms with Gasteiger partial charge in [-0.25, -0.2) is 4.98 Å². The lowest BCUT2D eigenvalue weighted by Gasteiger charge is -2.34. The van der Waals surface area contributed by atoms with Crippen molar-refractivity contribution in [1.29, 1.82) is 0 Å². The molecule has 2 atom stereocenters. The van der Waals surface area contributed by atoms with Crippen molar-refractivity contribution in [3.05, 3.63) is 77.0 Å². The molecule has 2 heterocycles. The van der Waals surface area contributed by atoms with Crippen molar-refractivity contribution in [3.8, 4) is 0 Å². The quantitative estimate of drug-likeness (QED) is 0.309. The number of aliphatic hydroxyl groups is 1. The number of aromatic nitrogens is 1. The molecule has 1 aromatic heterocycles. The van der Waals surface area contributed by atoms with E-state index in [0.29, 0.717) is 54.7 Å². The number of hydrogen-bond acceptors (Lipinski definition) is 8.